The Morgan fingerprint density at radius 2 is 1.58 bits per heavy atom. The van der Waals surface area contributed by atoms with Crippen LogP contribution in [0.4, 0.5) is 10.5 Å². The van der Waals surface area contributed by atoms with Crippen molar-refractivity contribution < 1.29 is 29.0 Å². The summed E-state index contributed by atoms with van der Waals surface area (Å²) in [4.78, 5) is 50.5. The van der Waals surface area contributed by atoms with Crippen molar-refractivity contribution in [2.45, 2.75) is 38.9 Å². The number of morpholine rings is 1. The number of benzene rings is 4. The molecule has 3 aliphatic rings. The number of carbonyl (C=O) groups excluding carboxylic acids is 3. The number of hydrogen-bond acceptors (Lipinski definition) is 7. The van der Waals surface area contributed by atoms with E-state index in [2.05, 4.69) is 45.1 Å². The summed E-state index contributed by atoms with van der Waals surface area (Å²) in [7, 11) is 3.64. The van der Waals surface area contributed by atoms with Crippen LogP contribution < -0.4 is 9.64 Å². The van der Waals surface area contributed by atoms with E-state index < -0.39 is 6.09 Å². The van der Waals surface area contributed by atoms with Crippen molar-refractivity contribution in [3.8, 4) is 22.8 Å². The van der Waals surface area contributed by atoms with Crippen molar-refractivity contribution in [1.82, 2.24) is 19.3 Å². The molecule has 1 aromatic heterocycles. The van der Waals surface area contributed by atoms with Crippen LogP contribution in [0, 0.1) is 6.92 Å². The van der Waals surface area contributed by atoms with Crippen LogP contribution in [0.2, 0.25) is 0 Å². The number of phenols is 1. The highest BCUT2D eigenvalue weighted by atomic mass is 79.9. The minimum absolute atomic E-state index is 0.0713. The first-order chi connectivity index (χ1) is 27.5. The lowest BCUT2D eigenvalue weighted by Crippen LogP contribution is -2.52. The number of nitrogens with zero attached hydrogens (tertiary/aromatic N) is 5. The number of ether oxygens (including phenoxy) is 2. The molecule has 8 rings (SSSR count). The number of halogens is 1. The number of anilines is 1. The molecule has 5 aromatic rings. The van der Waals surface area contributed by atoms with E-state index in [0.29, 0.717) is 61.8 Å². The molecule has 0 unspecified atom stereocenters. The molecule has 1 atom stereocenters. The first-order valence-electron chi connectivity index (χ1n) is 19.3. The lowest BCUT2D eigenvalue weighted by molar-refractivity contribution is 0.0193. The van der Waals surface area contributed by atoms with E-state index >= 15 is 4.79 Å². The minimum Gasteiger partial charge on any atom is -0.508 e. The molecule has 3 amide bonds. The van der Waals surface area contributed by atoms with Crippen LogP contribution in [-0.2, 0) is 37.7 Å². The van der Waals surface area contributed by atoms with Gasteiger partial charge in [-0.2, -0.15) is 0 Å². The molecular formula is C45H46BrN5O6. The maximum Gasteiger partial charge on any atom is 0.415 e. The van der Waals surface area contributed by atoms with Gasteiger partial charge in [-0.3, -0.25) is 14.5 Å². The molecule has 0 spiro atoms. The lowest BCUT2D eigenvalue weighted by Gasteiger charge is -2.41. The summed E-state index contributed by atoms with van der Waals surface area (Å²) in [5, 5.41) is 9.84. The normalized spacial score (nSPS) is 16.8. The minimum atomic E-state index is -0.447. The molecular weight excluding hydrogens is 786 g/mol. The second-order valence-electron chi connectivity index (χ2n) is 15.1. The molecule has 1 N–H and O–H groups in total. The van der Waals surface area contributed by atoms with Gasteiger partial charge in [-0.25, -0.2) is 4.79 Å². The average molecular weight is 833 g/mol. The maximum atomic E-state index is 15.4. The predicted octanol–water partition coefficient (Wildman–Crippen LogP) is 7.20. The highest BCUT2D eigenvalue weighted by molar-refractivity contribution is 9.10. The molecule has 3 aliphatic heterocycles. The van der Waals surface area contributed by atoms with Crippen molar-refractivity contribution in [2.75, 3.05) is 51.3 Å². The summed E-state index contributed by atoms with van der Waals surface area (Å²) in [6.45, 7) is 6.82. The van der Waals surface area contributed by atoms with Gasteiger partial charge < -0.3 is 33.8 Å². The standard InChI is InChI=1S/C45H46BrN5O6/c1-29-39(43(53)48(3)35-10-12-37(52)13-11-35)25-42(47(29)2)40-23-31-16-17-50(45(55)57-38-14-8-34(46)9-15-38)26-33(31)24-41(40)44(54)51-27-32-7-5-4-6-30(32)22-36(51)28-49-18-20-56-21-19-49/h4-15,23-25,36,52H,16-22,26-28H2,1-3H3/t36-/m0/s1. The van der Waals surface area contributed by atoms with Crippen molar-refractivity contribution in [3.05, 3.63) is 135 Å². The molecule has 4 aromatic carbocycles. The Bertz CT molecular complexity index is 2320. The van der Waals surface area contributed by atoms with Gasteiger partial charge in [-0.05, 0) is 109 Å². The highest BCUT2D eigenvalue weighted by Crippen LogP contribution is 2.36. The molecule has 12 heteroatoms. The number of phenolic OH excluding ortho intramolecular Hbond substituents is 1. The maximum absolute atomic E-state index is 15.4. The van der Waals surface area contributed by atoms with Gasteiger partial charge in [0.05, 0.1) is 18.8 Å². The van der Waals surface area contributed by atoms with Gasteiger partial charge in [0.2, 0.25) is 0 Å². The Kier molecular flexibility index (Phi) is 10.9. The topological polar surface area (TPSA) is 108 Å². The Balaban J connectivity index is 1.18. The van der Waals surface area contributed by atoms with Crippen molar-refractivity contribution >= 4 is 39.5 Å². The van der Waals surface area contributed by atoms with Crippen molar-refractivity contribution in [3.63, 3.8) is 0 Å². The van der Waals surface area contributed by atoms with Gasteiger partial charge in [0.25, 0.3) is 11.8 Å². The molecule has 1 saturated heterocycles. The fourth-order valence-electron chi connectivity index (χ4n) is 8.20. The Morgan fingerprint density at radius 3 is 2.32 bits per heavy atom. The SMILES string of the molecule is Cc1c(C(=O)N(C)c2ccc(O)cc2)cc(-c2cc3c(cc2C(=O)N2Cc4ccccc4C[C@H]2CN2CCOCC2)CN(C(=O)Oc2ccc(Br)cc2)CC3)n1C. The zero-order valence-electron chi connectivity index (χ0n) is 32.4. The van der Waals surface area contributed by atoms with Gasteiger partial charge in [-0.1, -0.05) is 40.2 Å². The van der Waals surface area contributed by atoms with Crippen LogP contribution in [0.1, 0.15) is 48.7 Å². The lowest BCUT2D eigenvalue weighted by atomic mass is 9.89. The second-order valence-corrected chi connectivity index (χ2v) is 16.0. The van der Waals surface area contributed by atoms with E-state index in [1.807, 2.05) is 53.8 Å². The smallest absolute Gasteiger partial charge is 0.415 e. The van der Waals surface area contributed by atoms with Crippen LogP contribution in [0.25, 0.3) is 11.3 Å². The monoisotopic (exact) mass is 831 g/mol. The zero-order valence-corrected chi connectivity index (χ0v) is 34.0. The first-order valence-corrected chi connectivity index (χ1v) is 20.1. The van der Waals surface area contributed by atoms with Crippen molar-refractivity contribution in [2.24, 2.45) is 7.05 Å². The molecule has 0 saturated carbocycles. The molecule has 11 nitrogen and oxygen atoms in total. The van der Waals surface area contributed by atoms with Crippen LogP contribution in [0.3, 0.4) is 0 Å². The molecule has 1 fully saturated rings. The van der Waals surface area contributed by atoms with E-state index in [4.69, 9.17) is 9.47 Å². The molecule has 0 radical (unpaired) electrons. The second kappa shape index (κ2) is 16.2. The number of rotatable bonds is 7. The van der Waals surface area contributed by atoms with Crippen LogP contribution in [0.15, 0.2) is 95.5 Å². The molecule has 4 heterocycles. The fraction of sp³-hybridized carbons (Fsp3) is 0.311. The van der Waals surface area contributed by atoms with E-state index in [1.54, 1.807) is 53.2 Å². The van der Waals surface area contributed by atoms with E-state index in [-0.39, 0.29) is 23.6 Å². The summed E-state index contributed by atoms with van der Waals surface area (Å²) in [6, 6.07) is 27.9. The number of aromatic nitrogens is 1. The molecule has 294 valence electrons. The predicted molar refractivity (Wildman–Crippen MR) is 222 cm³/mol. The Labute approximate surface area is 341 Å². The summed E-state index contributed by atoms with van der Waals surface area (Å²) in [6.07, 6.45) is 0.861. The fourth-order valence-corrected chi connectivity index (χ4v) is 8.46. The van der Waals surface area contributed by atoms with Gasteiger partial charge >= 0.3 is 6.09 Å². The summed E-state index contributed by atoms with van der Waals surface area (Å²) in [5.74, 6) is 0.279. The Hall–Kier alpha value is -5.43. The molecule has 57 heavy (non-hydrogen) atoms. The number of hydrogen-bond donors (Lipinski definition) is 1. The third-order valence-electron chi connectivity index (χ3n) is 11.6. The summed E-state index contributed by atoms with van der Waals surface area (Å²) < 4.78 is 14.3. The van der Waals surface area contributed by atoms with Crippen LogP contribution >= 0.6 is 15.9 Å². The quantitative estimate of drug-likeness (QED) is 0.185. The third-order valence-corrected chi connectivity index (χ3v) is 12.2. The van der Waals surface area contributed by atoms with E-state index in [9.17, 15) is 14.7 Å². The van der Waals surface area contributed by atoms with Crippen LogP contribution in [-0.4, -0.2) is 94.8 Å². The van der Waals surface area contributed by atoms with E-state index in [0.717, 1.165) is 64.2 Å². The molecule has 0 bridgehead atoms. The van der Waals surface area contributed by atoms with Gasteiger partial charge in [0.15, 0.2) is 0 Å². The van der Waals surface area contributed by atoms with Gasteiger partial charge in [0, 0.05) is 92.1 Å². The largest absolute Gasteiger partial charge is 0.508 e. The van der Waals surface area contributed by atoms with Gasteiger partial charge in [0.1, 0.15) is 11.5 Å². The molecule has 0 aliphatic carbocycles. The Morgan fingerprint density at radius 1 is 0.860 bits per heavy atom. The third kappa shape index (κ3) is 7.94. The van der Waals surface area contributed by atoms with Gasteiger partial charge in [-0.15, -0.1) is 0 Å². The number of aromatic hydroxyl groups is 1. The van der Waals surface area contributed by atoms with E-state index in [1.165, 1.54) is 5.56 Å². The first kappa shape index (κ1) is 38.4. The zero-order chi connectivity index (χ0) is 39.8. The summed E-state index contributed by atoms with van der Waals surface area (Å²) in [5.41, 5.74) is 8.24. The van der Waals surface area contributed by atoms with Crippen LogP contribution in [0.5, 0.6) is 11.5 Å². The summed E-state index contributed by atoms with van der Waals surface area (Å²) >= 11 is 3.43. The number of amides is 3. The number of carbonyl (C=O) groups is 3. The van der Waals surface area contributed by atoms with Crippen molar-refractivity contribution in [1.29, 1.82) is 0 Å². The number of fused-ring (bicyclic) bond motifs is 2. The average Bonchev–Trinajstić information content (AvgIpc) is 3.53. The highest BCUT2D eigenvalue weighted by Gasteiger charge is 2.35.